The molecule has 0 spiro atoms. The normalized spacial score (nSPS) is 10.3. The zero-order chi connectivity index (χ0) is 9.26. The smallest absolute Gasteiger partial charge is 0.244 e. The molecule has 5 nitrogen and oxygen atoms in total. The standard InChI is InChI=1S/C7H6ClN5/c1-5-9-2-3-13(5)6-4-10-12-7(8)11-6/h2-4H,1H3. The van der Waals surface area contributed by atoms with Gasteiger partial charge in [0.15, 0.2) is 5.82 Å². The lowest BCUT2D eigenvalue weighted by atomic mass is 10.6. The van der Waals surface area contributed by atoms with E-state index >= 15 is 0 Å². The van der Waals surface area contributed by atoms with E-state index in [1.807, 2.05) is 6.92 Å². The van der Waals surface area contributed by atoms with E-state index in [0.29, 0.717) is 5.82 Å². The van der Waals surface area contributed by atoms with Crippen LogP contribution in [-0.4, -0.2) is 24.7 Å². The number of aryl methyl sites for hydroxylation is 1. The van der Waals surface area contributed by atoms with E-state index in [1.165, 1.54) is 6.20 Å². The molecule has 2 rings (SSSR count). The maximum Gasteiger partial charge on any atom is 0.244 e. The van der Waals surface area contributed by atoms with Crippen molar-refractivity contribution in [3.05, 3.63) is 29.7 Å². The van der Waals surface area contributed by atoms with Crippen molar-refractivity contribution < 1.29 is 0 Å². The van der Waals surface area contributed by atoms with Gasteiger partial charge in [-0.15, -0.1) is 5.10 Å². The first kappa shape index (κ1) is 8.12. The zero-order valence-corrected chi connectivity index (χ0v) is 7.60. The molecule has 2 aromatic heterocycles. The Morgan fingerprint density at radius 1 is 1.46 bits per heavy atom. The fourth-order valence-corrected chi connectivity index (χ4v) is 1.14. The molecule has 2 heterocycles. The molecule has 0 saturated heterocycles. The van der Waals surface area contributed by atoms with Gasteiger partial charge in [0.25, 0.3) is 0 Å². The van der Waals surface area contributed by atoms with Gasteiger partial charge in [0.1, 0.15) is 5.82 Å². The molecular formula is C7H6ClN5. The molecule has 0 aliphatic heterocycles. The monoisotopic (exact) mass is 195 g/mol. The lowest BCUT2D eigenvalue weighted by molar-refractivity contribution is 0.872. The van der Waals surface area contributed by atoms with Crippen LogP contribution in [0.3, 0.4) is 0 Å². The molecule has 13 heavy (non-hydrogen) atoms. The van der Waals surface area contributed by atoms with Crippen LogP contribution in [0.2, 0.25) is 5.28 Å². The third-order valence-corrected chi connectivity index (χ3v) is 1.75. The van der Waals surface area contributed by atoms with Crippen molar-refractivity contribution in [1.29, 1.82) is 0 Å². The summed E-state index contributed by atoms with van der Waals surface area (Å²) in [6, 6.07) is 0. The molecule has 0 aliphatic rings. The van der Waals surface area contributed by atoms with E-state index in [4.69, 9.17) is 11.6 Å². The maximum atomic E-state index is 5.60. The van der Waals surface area contributed by atoms with Gasteiger partial charge in [-0.1, -0.05) is 0 Å². The predicted octanol–water partition coefficient (Wildman–Crippen LogP) is 1.02. The Morgan fingerprint density at radius 3 is 2.92 bits per heavy atom. The summed E-state index contributed by atoms with van der Waals surface area (Å²) in [5, 5.41) is 7.37. The third-order valence-electron chi connectivity index (χ3n) is 1.59. The summed E-state index contributed by atoms with van der Waals surface area (Å²) in [4.78, 5) is 8.05. The van der Waals surface area contributed by atoms with Gasteiger partial charge in [-0.2, -0.15) is 10.1 Å². The topological polar surface area (TPSA) is 56.5 Å². The molecule has 0 aromatic carbocycles. The Bertz CT molecular complexity index is 424. The molecule has 0 atom stereocenters. The Kier molecular flexibility index (Phi) is 1.94. The summed E-state index contributed by atoms with van der Waals surface area (Å²) < 4.78 is 1.78. The first-order chi connectivity index (χ1) is 6.27. The number of hydrogen-bond donors (Lipinski definition) is 0. The van der Waals surface area contributed by atoms with E-state index in [1.54, 1.807) is 17.0 Å². The molecule has 66 valence electrons. The van der Waals surface area contributed by atoms with Gasteiger partial charge in [-0.3, -0.25) is 4.57 Å². The molecule has 6 heteroatoms. The van der Waals surface area contributed by atoms with Gasteiger partial charge in [-0.05, 0) is 18.5 Å². The van der Waals surface area contributed by atoms with Crippen LogP contribution in [0, 0.1) is 6.92 Å². The molecule has 0 saturated carbocycles. The van der Waals surface area contributed by atoms with Crippen molar-refractivity contribution in [2.75, 3.05) is 0 Å². The van der Waals surface area contributed by atoms with E-state index in [0.717, 1.165) is 5.82 Å². The van der Waals surface area contributed by atoms with Gasteiger partial charge in [0.2, 0.25) is 5.28 Å². The number of aromatic nitrogens is 5. The second kappa shape index (κ2) is 3.10. The van der Waals surface area contributed by atoms with E-state index in [2.05, 4.69) is 20.2 Å². The van der Waals surface area contributed by atoms with Gasteiger partial charge in [0.05, 0.1) is 6.20 Å². The van der Waals surface area contributed by atoms with Crippen molar-refractivity contribution in [2.45, 2.75) is 6.92 Å². The number of rotatable bonds is 1. The minimum atomic E-state index is 0.130. The Labute approximate surface area is 79.4 Å². The molecule has 0 bridgehead atoms. The van der Waals surface area contributed by atoms with Crippen LogP contribution in [-0.2, 0) is 0 Å². The summed E-state index contributed by atoms with van der Waals surface area (Å²) in [6.07, 6.45) is 5.00. The fraction of sp³-hybridized carbons (Fsp3) is 0.143. The minimum Gasteiger partial charge on any atom is -0.287 e. The van der Waals surface area contributed by atoms with Crippen LogP contribution < -0.4 is 0 Å². The lowest BCUT2D eigenvalue weighted by Gasteiger charge is -2.01. The Morgan fingerprint density at radius 2 is 2.31 bits per heavy atom. The number of halogens is 1. The average Bonchev–Trinajstić information content (AvgIpc) is 2.51. The van der Waals surface area contributed by atoms with Crippen LogP contribution in [0.4, 0.5) is 0 Å². The maximum absolute atomic E-state index is 5.60. The summed E-state index contributed by atoms with van der Waals surface area (Å²) in [5.74, 6) is 1.45. The molecule has 0 unspecified atom stereocenters. The van der Waals surface area contributed by atoms with E-state index < -0.39 is 0 Å². The van der Waals surface area contributed by atoms with Gasteiger partial charge in [0, 0.05) is 12.4 Å². The molecule has 0 fully saturated rings. The third kappa shape index (κ3) is 1.50. The second-order valence-electron chi connectivity index (χ2n) is 2.43. The van der Waals surface area contributed by atoms with Crippen LogP contribution in [0.25, 0.3) is 5.82 Å². The van der Waals surface area contributed by atoms with Crippen LogP contribution in [0.15, 0.2) is 18.6 Å². The van der Waals surface area contributed by atoms with Gasteiger partial charge >= 0.3 is 0 Å². The largest absolute Gasteiger partial charge is 0.287 e. The van der Waals surface area contributed by atoms with Crippen LogP contribution >= 0.6 is 11.6 Å². The first-order valence-corrected chi connectivity index (χ1v) is 4.01. The van der Waals surface area contributed by atoms with Crippen LogP contribution in [0.5, 0.6) is 0 Å². The molecule has 0 aliphatic carbocycles. The van der Waals surface area contributed by atoms with Crippen LogP contribution in [0.1, 0.15) is 5.82 Å². The highest BCUT2D eigenvalue weighted by Crippen LogP contribution is 2.06. The highest BCUT2D eigenvalue weighted by Gasteiger charge is 2.02. The first-order valence-electron chi connectivity index (χ1n) is 3.63. The summed E-state index contributed by atoms with van der Waals surface area (Å²) in [6.45, 7) is 1.87. The number of imidazole rings is 1. The lowest BCUT2D eigenvalue weighted by Crippen LogP contribution is -2.00. The average molecular weight is 196 g/mol. The SMILES string of the molecule is Cc1nccn1-c1cnnc(Cl)n1. The molecular weight excluding hydrogens is 190 g/mol. The number of hydrogen-bond acceptors (Lipinski definition) is 4. The minimum absolute atomic E-state index is 0.130. The van der Waals surface area contributed by atoms with Crippen molar-refractivity contribution in [3.8, 4) is 5.82 Å². The highest BCUT2D eigenvalue weighted by molar-refractivity contribution is 6.28. The second-order valence-corrected chi connectivity index (χ2v) is 2.77. The Hall–Kier alpha value is -1.49. The van der Waals surface area contributed by atoms with Gasteiger partial charge in [-0.25, -0.2) is 4.98 Å². The molecule has 0 amide bonds. The zero-order valence-electron chi connectivity index (χ0n) is 6.85. The van der Waals surface area contributed by atoms with Crippen molar-refractivity contribution in [2.24, 2.45) is 0 Å². The molecule has 0 radical (unpaired) electrons. The van der Waals surface area contributed by atoms with E-state index in [-0.39, 0.29) is 5.28 Å². The van der Waals surface area contributed by atoms with Crippen molar-refractivity contribution in [3.63, 3.8) is 0 Å². The summed E-state index contributed by atoms with van der Waals surface area (Å²) >= 11 is 5.60. The van der Waals surface area contributed by atoms with Gasteiger partial charge < -0.3 is 0 Å². The Balaban J connectivity index is 2.53. The fourth-order valence-electron chi connectivity index (χ4n) is 1.01. The summed E-state index contributed by atoms with van der Waals surface area (Å²) in [5.41, 5.74) is 0. The molecule has 2 aromatic rings. The summed E-state index contributed by atoms with van der Waals surface area (Å²) in [7, 11) is 0. The van der Waals surface area contributed by atoms with Crippen molar-refractivity contribution >= 4 is 11.6 Å². The van der Waals surface area contributed by atoms with Crippen molar-refractivity contribution in [1.82, 2.24) is 24.7 Å². The quantitative estimate of drug-likeness (QED) is 0.682. The highest BCUT2D eigenvalue weighted by atomic mass is 35.5. The predicted molar refractivity (Wildman–Crippen MR) is 46.7 cm³/mol. The molecule has 0 N–H and O–H groups in total. The number of nitrogens with zero attached hydrogens (tertiary/aromatic N) is 5. The van der Waals surface area contributed by atoms with E-state index in [9.17, 15) is 0 Å².